The molecular weight excluding hydrogens is 459 g/mol. The number of azide groups is 1. The van der Waals surface area contributed by atoms with Crippen LogP contribution in [0.3, 0.4) is 0 Å². The van der Waals surface area contributed by atoms with E-state index in [4.69, 9.17) is 5.53 Å². The maximum atomic E-state index is 13.0. The molecule has 29 heavy (non-hydrogen) atoms. The number of alkyl halides is 15. The lowest BCUT2D eigenvalue weighted by atomic mass is 9.87. The van der Waals surface area contributed by atoms with Crippen molar-refractivity contribution in [1.82, 2.24) is 0 Å². The summed E-state index contributed by atoms with van der Waals surface area (Å²) in [4.78, 5) is 1.30. The zero-order valence-electron chi connectivity index (χ0n) is 12.5. The van der Waals surface area contributed by atoms with Crippen molar-refractivity contribution in [2.24, 2.45) is 5.11 Å². The van der Waals surface area contributed by atoms with Crippen molar-refractivity contribution in [1.29, 1.82) is 0 Å². The number of hydrogen-bond donors (Lipinski definition) is 0. The topological polar surface area (TPSA) is 48.8 Å². The van der Waals surface area contributed by atoms with Gasteiger partial charge in [0.25, 0.3) is 0 Å². The van der Waals surface area contributed by atoms with E-state index in [1.807, 2.05) is 0 Å². The van der Waals surface area contributed by atoms with Crippen molar-refractivity contribution in [2.75, 3.05) is 0 Å². The lowest BCUT2D eigenvalue weighted by Gasteiger charge is -2.29. The molecule has 1 rings (SSSR count). The van der Waals surface area contributed by atoms with Gasteiger partial charge in [-0.1, -0.05) is 5.11 Å². The average molecular weight is 459 g/mol. The van der Waals surface area contributed by atoms with Gasteiger partial charge in [0, 0.05) is 4.91 Å². The summed E-state index contributed by atoms with van der Waals surface area (Å²) in [7, 11) is 0. The molecule has 3 nitrogen and oxygen atoms in total. The third-order valence-corrected chi connectivity index (χ3v) is 3.04. The lowest BCUT2D eigenvalue weighted by molar-refractivity contribution is -0.188. The normalized spacial score (nSPS) is 14.0. The van der Waals surface area contributed by atoms with Gasteiger partial charge in [-0.25, -0.2) is 0 Å². The van der Waals surface area contributed by atoms with Crippen LogP contribution in [0.1, 0.15) is 27.8 Å². The molecule has 0 aromatic heterocycles. The van der Waals surface area contributed by atoms with Gasteiger partial charge >= 0.3 is 30.9 Å². The van der Waals surface area contributed by atoms with Crippen LogP contribution in [0.2, 0.25) is 0 Å². The molecule has 0 saturated heterocycles. The smallest absolute Gasteiger partial charge is 0.166 e. The molecule has 0 fully saturated rings. The zero-order chi connectivity index (χ0) is 23.4. The molecule has 164 valence electrons. The Morgan fingerprint density at radius 2 is 0.655 bits per heavy atom. The molecule has 1 aromatic carbocycles. The molecule has 0 atom stereocenters. The predicted molar refractivity (Wildman–Crippen MR) is 60.3 cm³/mol. The van der Waals surface area contributed by atoms with Crippen LogP contribution in [0, 0.1) is 0 Å². The van der Waals surface area contributed by atoms with Gasteiger partial charge in [0.05, 0.1) is 33.5 Å². The fourth-order valence-electron chi connectivity index (χ4n) is 2.28. The van der Waals surface area contributed by atoms with Crippen molar-refractivity contribution in [3.63, 3.8) is 0 Å². The quantitative estimate of drug-likeness (QED) is 0.179. The minimum Gasteiger partial charge on any atom is -0.166 e. The minimum absolute atomic E-state index is 1.30. The van der Waals surface area contributed by atoms with Crippen LogP contribution in [-0.2, 0) is 30.9 Å². The Morgan fingerprint density at radius 1 is 0.448 bits per heavy atom. The standard InChI is InChI=1S/C11F15N3/c12-7(13,14)1-2(8(15,16)17)4(10(21,22)23)6(28-29-27)5(11(24,25)26)3(1)9(18,19)20. The van der Waals surface area contributed by atoms with Crippen LogP contribution in [0.25, 0.3) is 10.4 Å². The van der Waals surface area contributed by atoms with Crippen molar-refractivity contribution in [2.45, 2.75) is 30.9 Å². The summed E-state index contributed by atoms with van der Waals surface area (Å²) >= 11 is 0. The molecule has 0 aliphatic rings. The molecule has 0 aliphatic carbocycles. The van der Waals surface area contributed by atoms with Gasteiger partial charge in [0.15, 0.2) is 0 Å². The maximum Gasteiger partial charge on any atom is 0.417 e. The van der Waals surface area contributed by atoms with Crippen LogP contribution < -0.4 is 0 Å². The first kappa shape index (κ1) is 24.5. The summed E-state index contributed by atoms with van der Waals surface area (Å²) in [5.74, 6) is 0. The van der Waals surface area contributed by atoms with E-state index in [1.54, 1.807) is 5.11 Å². The summed E-state index contributed by atoms with van der Waals surface area (Å²) in [6.45, 7) is 0. The zero-order valence-corrected chi connectivity index (χ0v) is 12.5. The number of halogens is 15. The van der Waals surface area contributed by atoms with E-state index in [0.717, 1.165) is 0 Å². The van der Waals surface area contributed by atoms with Crippen molar-refractivity contribution < 1.29 is 65.9 Å². The Kier molecular flexibility index (Phi) is 5.73. The van der Waals surface area contributed by atoms with E-state index in [9.17, 15) is 65.9 Å². The number of hydrogen-bond acceptors (Lipinski definition) is 1. The molecule has 0 N–H and O–H groups in total. The predicted octanol–water partition coefficient (Wildman–Crippen LogP) is 7.72. The van der Waals surface area contributed by atoms with Gasteiger partial charge in [0.2, 0.25) is 0 Å². The summed E-state index contributed by atoms with van der Waals surface area (Å²) < 4.78 is 195. The van der Waals surface area contributed by atoms with Crippen LogP contribution in [0.5, 0.6) is 0 Å². The van der Waals surface area contributed by atoms with E-state index >= 15 is 0 Å². The molecule has 0 unspecified atom stereocenters. The molecule has 0 radical (unpaired) electrons. The van der Waals surface area contributed by atoms with Crippen molar-refractivity contribution in [3.05, 3.63) is 38.3 Å². The second kappa shape index (κ2) is 6.77. The fourth-order valence-corrected chi connectivity index (χ4v) is 2.28. The Bertz CT molecular complexity index is 790. The molecule has 0 spiro atoms. The minimum atomic E-state index is -6.98. The SMILES string of the molecule is [N-]=[N+]=Nc1c(C(F)(F)F)c(C(F)(F)F)c(C(F)(F)F)c(C(F)(F)F)c1C(F)(F)F. The highest BCUT2D eigenvalue weighted by Gasteiger charge is 2.60. The van der Waals surface area contributed by atoms with Crippen LogP contribution in [0.15, 0.2) is 5.11 Å². The van der Waals surface area contributed by atoms with Crippen LogP contribution in [-0.4, -0.2) is 0 Å². The summed E-state index contributed by atoms with van der Waals surface area (Å²) in [6, 6.07) is 0. The Morgan fingerprint density at radius 3 is 0.828 bits per heavy atom. The molecule has 0 aliphatic heterocycles. The molecule has 0 amide bonds. The van der Waals surface area contributed by atoms with E-state index < -0.39 is 64.4 Å². The van der Waals surface area contributed by atoms with Crippen molar-refractivity contribution >= 4 is 5.69 Å². The maximum absolute atomic E-state index is 13.0. The molecule has 0 saturated carbocycles. The first-order valence-corrected chi connectivity index (χ1v) is 6.21. The monoisotopic (exact) mass is 459 g/mol. The van der Waals surface area contributed by atoms with Gasteiger partial charge in [0.1, 0.15) is 0 Å². The molecule has 0 heterocycles. The second-order valence-corrected chi connectivity index (χ2v) is 4.90. The number of rotatable bonds is 1. The second-order valence-electron chi connectivity index (χ2n) is 4.90. The largest absolute Gasteiger partial charge is 0.417 e. The molecule has 18 heteroatoms. The third-order valence-electron chi connectivity index (χ3n) is 3.04. The van der Waals surface area contributed by atoms with Crippen molar-refractivity contribution in [3.8, 4) is 0 Å². The Balaban J connectivity index is 4.79. The first-order chi connectivity index (χ1) is 12.6. The van der Waals surface area contributed by atoms with Gasteiger partial charge in [-0.15, -0.1) is 0 Å². The van der Waals surface area contributed by atoms with E-state index in [0.29, 0.717) is 0 Å². The number of nitrogens with zero attached hydrogens (tertiary/aromatic N) is 3. The fraction of sp³-hybridized carbons (Fsp3) is 0.455. The van der Waals surface area contributed by atoms with Gasteiger partial charge in [-0.3, -0.25) is 0 Å². The van der Waals surface area contributed by atoms with E-state index in [2.05, 4.69) is 0 Å². The summed E-state index contributed by atoms with van der Waals surface area (Å²) in [6.07, 6.45) is -34.2. The highest BCUT2D eigenvalue weighted by atomic mass is 19.4. The average Bonchev–Trinajstić information content (AvgIpc) is 2.40. The Labute approximate surface area is 147 Å². The Hall–Kier alpha value is -2.52. The first-order valence-electron chi connectivity index (χ1n) is 6.21. The highest BCUT2D eigenvalue weighted by Crippen LogP contribution is 2.58. The molecular formula is C11F15N3. The molecule has 0 bridgehead atoms. The van der Waals surface area contributed by atoms with Crippen LogP contribution in [0.4, 0.5) is 71.5 Å². The van der Waals surface area contributed by atoms with Gasteiger partial charge < -0.3 is 0 Å². The summed E-state index contributed by atoms with van der Waals surface area (Å²) in [5, 5.41) is 1.58. The molecule has 1 aromatic rings. The van der Waals surface area contributed by atoms with E-state index in [-0.39, 0.29) is 0 Å². The number of benzene rings is 1. The van der Waals surface area contributed by atoms with Crippen LogP contribution >= 0.6 is 0 Å². The van der Waals surface area contributed by atoms with Gasteiger partial charge in [-0.05, 0) is 5.53 Å². The highest BCUT2D eigenvalue weighted by molar-refractivity contribution is 5.67. The van der Waals surface area contributed by atoms with E-state index in [1.165, 1.54) is 4.91 Å². The van der Waals surface area contributed by atoms with Gasteiger partial charge in [-0.2, -0.15) is 65.9 Å². The third kappa shape index (κ3) is 4.73. The lowest BCUT2D eigenvalue weighted by Crippen LogP contribution is -2.31. The summed E-state index contributed by atoms with van der Waals surface area (Å²) in [5.41, 5.74) is -15.5.